The summed E-state index contributed by atoms with van der Waals surface area (Å²) < 4.78 is 0. The molecule has 0 bridgehead atoms. The number of amides is 2. The fourth-order valence-corrected chi connectivity index (χ4v) is 1.91. The van der Waals surface area contributed by atoms with E-state index in [9.17, 15) is 9.59 Å². The van der Waals surface area contributed by atoms with Crippen LogP contribution >= 0.6 is 0 Å². The molecule has 2 amide bonds. The number of hydrogen-bond acceptors (Lipinski definition) is 3. The van der Waals surface area contributed by atoms with Gasteiger partial charge in [0.1, 0.15) is 6.04 Å². The summed E-state index contributed by atoms with van der Waals surface area (Å²) >= 11 is 0. The second-order valence-corrected chi connectivity index (χ2v) is 5.63. The van der Waals surface area contributed by atoms with E-state index in [0.29, 0.717) is 31.0 Å². The van der Waals surface area contributed by atoms with Gasteiger partial charge in [-0.05, 0) is 31.9 Å². The van der Waals surface area contributed by atoms with Crippen molar-refractivity contribution in [2.75, 3.05) is 26.0 Å². The van der Waals surface area contributed by atoms with Crippen LogP contribution in [0, 0.1) is 6.92 Å². The molecule has 8 heteroatoms. The quantitative estimate of drug-likeness (QED) is 0.339. The summed E-state index contributed by atoms with van der Waals surface area (Å²) in [5, 5.41) is 13.9. The van der Waals surface area contributed by atoms with Gasteiger partial charge in [0.05, 0.1) is 0 Å². The summed E-state index contributed by atoms with van der Waals surface area (Å²) in [4.78, 5) is 29.0. The Labute approximate surface area is 141 Å². The number of carbonyl (C=O) groups is 2. The third kappa shape index (κ3) is 6.99. The molecule has 5 N–H and O–H groups in total. The predicted molar refractivity (Wildman–Crippen MR) is 94.2 cm³/mol. The van der Waals surface area contributed by atoms with E-state index < -0.39 is 18.0 Å². The molecule has 0 unspecified atom stereocenters. The average Bonchev–Trinajstić information content (AvgIpc) is 2.51. The van der Waals surface area contributed by atoms with Gasteiger partial charge in [-0.15, -0.1) is 0 Å². The Bertz CT molecular complexity index is 584. The first kappa shape index (κ1) is 19.3. The van der Waals surface area contributed by atoms with Gasteiger partial charge in [0.2, 0.25) is 5.91 Å². The molecule has 0 aromatic heterocycles. The van der Waals surface area contributed by atoms with Gasteiger partial charge in [0.25, 0.3) is 0 Å². The van der Waals surface area contributed by atoms with Crippen molar-refractivity contribution in [2.24, 2.45) is 10.7 Å². The van der Waals surface area contributed by atoms with Gasteiger partial charge >= 0.3 is 6.09 Å². The highest BCUT2D eigenvalue weighted by atomic mass is 16.4. The Balaban J connectivity index is 2.60. The summed E-state index contributed by atoms with van der Waals surface area (Å²) in [5.41, 5.74) is 7.37. The van der Waals surface area contributed by atoms with Crippen LogP contribution in [0.5, 0.6) is 0 Å². The van der Waals surface area contributed by atoms with E-state index in [-0.39, 0.29) is 0 Å². The summed E-state index contributed by atoms with van der Waals surface area (Å²) in [6, 6.07) is 6.43. The second kappa shape index (κ2) is 9.39. The summed E-state index contributed by atoms with van der Waals surface area (Å²) in [7, 11) is 3.56. The summed E-state index contributed by atoms with van der Waals surface area (Å²) in [5.74, 6) is -0.00679. The lowest BCUT2D eigenvalue weighted by atomic mass is 10.1. The maximum atomic E-state index is 12.3. The van der Waals surface area contributed by atoms with Crippen molar-refractivity contribution < 1.29 is 14.7 Å². The Kier molecular flexibility index (Phi) is 7.54. The molecule has 0 heterocycles. The van der Waals surface area contributed by atoms with Crippen molar-refractivity contribution in [3.05, 3.63) is 29.8 Å². The maximum Gasteiger partial charge on any atom is 0.405 e. The van der Waals surface area contributed by atoms with E-state index in [0.717, 1.165) is 5.56 Å². The van der Waals surface area contributed by atoms with Crippen molar-refractivity contribution in [3.8, 4) is 0 Å². The zero-order valence-electron chi connectivity index (χ0n) is 14.2. The largest absolute Gasteiger partial charge is 0.465 e. The maximum absolute atomic E-state index is 12.3. The zero-order chi connectivity index (χ0) is 18.1. The standard InChI is InChI=1S/C16H25N5O3/c1-11-6-8-12(9-7-11)19-14(22)13(20-16(23)24)5-4-10-18-15(17)21(2)3/h6-9,13,20H,4-5,10H2,1-3H3,(H2,17,18)(H,19,22)(H,23,24)/t13-/m0/s1. The lowest BCUT2D eigenvalue weighted by molar-refractivity contribution is -0.118. The Morgan fingerprint density at radius 3 is 2.46 bits per heavy atom. The fourth-order valence-electron chi connectivity index (χ4n) is 1.91. The lowest BCUT2D eigenvalue weighted by Gasteiger charge is -2.17. The van der Waals surface area contributed by atoms with E-state index in [1.165, 1.54) is 0 Å². The van der Waals surface area contributed by atoms with E-state index in [2.05, 4.69) is 15.6 Å². The summed E-state index contributed by atoms with van der Waals surface area (Å²) in [6.07, 6.45) is -0.384. The minimum atomic E-state index is -1.24. The Hall–Kier alpha value is -2.77. The molecule has 1 rings (SSSR count). The molecule has 0 saturated heterocycles. The normalized spacial score (nSPS) is 12.4. The molecule has 0 saturated carbocycles. The number of nitrogens with two attached hydrogens (primary N) is 1. The number of nitrogens with one attached hydrogen (secondary N) is 2. The average molecular weight is 335 g/mol. The van der Waals surface area contributed by atoms with E-state index >= 15 is 0 Å². The molecule has 132 valence electrons. The van der Waals surface area contributed by atoms with Crippen molar-refractivity contribution in [1.29, 1.82) is 0 Å². The first-order valence-electron chi connectivity index (χ1n) is 7.64. The topological polar surface area (TPSA) is 120 Å². The first-order valence-corrected chi connectivity index (χ1v) is 7.64. The fraction of sp³-hybridized carbons (Fsp3) is 0.438. The van der Waals surface area contributed by atoms with Crippen LogP contribution in [0.25, 0.3) is 0 Å². The highest BCUT2D eigenvalue weighted by molar-refractivity contribution is 5.96. The smallest absolute Gasteiger partial charge is 0.405 e. The van der Waals surface area contributed by atoms with Gasteiger partial charge in [0, 0.05) is 26.3 Å². The molecule has 0 aliphatic rings. The van der Waals surface area contributed by atoms with Gasteiger partial charge < -0.3 is 26.4 Å². The number of carboxylic acid groups (broad SMARTS) is 1. The third-order valence-corrected chi connectivity index (χ3v) is 3.32. The van der Waals surface area contributed by atoms with E-state index in [1.807, 2.05) is 19.1 Å². The minimum Gasteiger partial charge on any atom is -0.465 e. The molecule has 0 aliphatic heterocycles. The van der Waals surface area contributed by atoms with Crippen LogP contribution in [0.2, 0.25) is 0 Å². The number of carbonyl (C=O) groups excluding carboxylic acids is 1. The van der Waals surface area contributed by atoms with Gasteiger partial charge in [-0.2, -0.15) is 0 Å². The monoisotopic (exact) mass is 335 g/mol. The number of aryl methyl sites for hydroxylation is 1. The van der Waals surface area contributed by atoms with Gasteiger partial charge in [-0.25, -0.2) is 4.79 Å². The number of benzene rings is 1. The number of guanidine groups is 1. The Morgan fingerprint density at radius 2 is 1.92 bits per heavy atom. The van der Waals surface area contributed by atoms with E-state index in [4.69, 9.17) is 10.8 Å². The van der Waals surface area contributed by atoms with Crippen LogP contribution in [0.15, 0.2) is 29.3 Å². The molecule has 1 aromatic rings. The second-order valence-electron chi connectivity index (χ2n) is 5.63. The summed E-state index contributed by atoms with van der Waals surface area (Å²) in [6.45, 7) is 2.36. The first-order chi connectivity index (χ1) is 11.3. The number of anilines is 1. The number of hydrogen-bond donors (Lipinski definition) is 4. The van der Waals surface area contributed by atoms with Crippen LogP contribution in [-0.4, -0.2) is 54.6 Å². The van der Waals surface area contributed by atoms with Crippen molar-refractivity contribution in [2.45, 2.75) is 25.8 Å². The number of nitrogens with zero attached hydrogens (tertiary/aromatic N) is 2. The van der Waals surface area contributed by atoms with Crippen LogP contribution < -0.4 is 16.4 Å². The van der Waals surface area contributed by atoms with Crippen LogP contribution in [0.1, 0.15) is 18.4 Å². The molecular formula is C16H25N5O3. The van der Waals surface area contributed by atoms with Gasteiger partial charge in [-0.3, -0.25) is 9.79 Å². The molecule has 0 spiro atoms. The van der Waals surface area contributed by atoms with Crippen LogP contribution in [0.4, 0.5) is 10.5 Å². The van der Waals surface area contributed by atoms with Crippen LogP contribution in [0.3, 0.4) is 0 Å². The van der Waals surface area contributed by atoms with Crippen molar-refractivity contribution >= 4 is 23.6 Å². The molecule has 24 heavy (non-hydrogen) atoms. The van der Waals surface area contributed by atoms with Gasteiger partial charge in [0.15, 0.2) is 5.96 Å². The third-order valence-electron chi connectivity index (χ3n) is 3.32. The van der Waals surface area contributed by atoms with E-state index in [1.54, 1.807) is 31.1 Å². The molecule has 1 aromatic carbocycles. The van der Waals surface area contributed by atoms with Crippen molar-refractivity contribution in [1.82, 2.24) is 10.2 Å². The highest BCUT2D eigenvalue weighted by Gasteiger charge is 2.20. The minimum absolute atomic E-state index is 0.328. The number of rotatable bonds is 7. The molecular weight excluding hydrogens is 310 g/mol. The van der Waals surface area contributed by atoms with Gasteiger partial charge in [-0.1, -0.05) is 17.7 Å². The lowest BCUT2D eigenvalue weighted by Crippen LogP contribution is -2.43. The number of aliphatic imine (C=N–C) groups is 1. The van der Waals surface area contributed by atoms with Crippen LogP contribution in [-0.2, 0) is 4.79 Å². The SMILES string of the molecule is Cc1ccc(NC(=O)[C@H](CCCN=C(N)N(C)C)NC(=O)O)cc1. The van der Waals surface area contributed by atoms with Crippen molar-refractivity contribution in [3.63, 3.8) is 0 Å². The molecule has 1 atom stereocenters. The molecule has 0 radical (unpaired) electrons. The molecule has 0 aliphatic carbocycles. The Morgan fingerprint density at radius 1 is 1.29 bits per heavy atom. The highest BCUT2D eigenvalue weighted by Crippen LogP contribution is 2.10. The zero-order valence-corrected chi connectivity index (χ0v) is 14.2. The molecule has 8 nitrogen and oxygen atoms in total. The molecule has 0 fully saturated rings. The predicted octanol–water partition coefficient (Wildman–Crippen LogP) is 1.23.